The Morgan fingerprint density at radius 1 is 1.07 bits per heavy atom. The molecule has 28 heavy (non-hydrogen) atoms. The van der Waals surface area contributed by atoms with E-state index >= 15 is 0 Å². The van der Waals surface area contributed by atoms with Crippen LogP contribution >= 0.6 is 27.5 Å². The first kappa shape index (κ1) is 20.1. The van der Waals surface area contributed by atoms with Crippen LogP contribution in [0.4, 0.5) is 5.69 Å². The molecule has 1 aromatic heterocycles. The largest absolute Gasteiger partial charge is 0.330 e. The van der Waals surface area contributed by atoms with E-state index in [1.54, 1.807) is 12.1 Å². The predicted molar refractivity (Wildman–Crippen MR) is 114 cm³/mol. The molecule has 1 amide bonds. The van der Waals surface area contributed by atoms with Crippen LogP contribution in [0.3, 0.4) is 0 Å². The lowest BCUT2D eigenvalue weighted by atomic mass is 10.00. The van der Waals surface area contributed by atoms with Crippen LogP contribution in [0.1, 0.15) is 15.9 Å². The van der Waals surface area contributed by atoms with Gasteiger partial charge >= 0.3 is 5.69 Å². The molecule has 3 aromatic rings. The van der Waals surface area contributed by atoms with Crippen molar-refractivity contribution in [2.75, 3.05) is 5.32 Å². The maximum atomic E-state index is 12.7. The molecule has 0 saturated heterocycles. The van der Waals surface area contributed by atoms with Crippen LogP contribution in [0, 0.1) is 6.92 Å². The van der Waals surface area contributed by atoms with Gasteiger partial charge in [-0.05, 0) is 30.2 Å². The molecule has 0 fully saturated rings. The van der Waals surface area contributed by atoms with E-state index in [1.807, 2.05) is 31.2 Å². The zero-order valence-corrected chi connectivity index (χ0v) is 17.8. The highest BCUT2D eigenvalue weighted by Gasteiger charge is 2.18. The standard InChI is InChI=1S/C20H17BrClN3O3/c1-11-12(6-4-8-15(11)21)13-7-5-9-16(17(13)22)23-18(26)14-10-24(2)20(28)25(3)19(14)27/h4-10H,1-3H3,(H,23,26). The molecule has 0 atom stereocenters. The molecule has 0 spiro atoms. The number of hydrogen-bond acceptors (Lipinski definition) is 3. The number of amides is 1. The van der Waals surface area contributed by atoms with Crippen molar-refractivity contribution >= 4 is 39.1 Å². The van der Waals surface area contributed by atoms with Crippen LogP contribution in [0.15, 0.2) is 56.7 Å². The van der Waals surface area contributed by atoms with Crippen molar-refractivity contribution in [3.63, 3.8) is 0 Å². The van der Waals surface area contributed by atoms with E-state index in [-0.39, 0.29) is 5.56 Å². The van der Waals surface area contributed by atoms with E-state index in [2.05, 4.69) is 21.2 Å². The summed E-state index contributed by atoms with van der Waals surface area (Å²) >= 11 is 10.1. The van der Waals surface area contributed by atoms with Gasteiger partial charge in [-0.25, -0.2) is 4.79 Å². The monoisotopic (exact) mass is 461 g/mol. The molecule has 0 radical (unpaired) electrons. The van der Waals surface area contributed by atoms with Gasteiger partial charge in [-0.2, -0.15) is 0 Å². The summed E-state index contributed by atoms with van der Waals surface area (Å²) in [5.41, 5.74) is 1.74. The van der Waals surface area contributed by atoms with Gasteiger partial charge < -0.3 is 9.88 Å². The van der Waals surface area contributed by atoms with Gasteiger partial charge in [-0.15, -0.1) is 0 Å². The van der Waals surface area contributed by atoms with Crippen LogP contribution < -0.4 is 16.6 Å². The maximum Gasteiger partial charge on any atom is 0.330 e. The molecule has 3 rings (SSSR count). The van der Waals surface area contributed by atoms with E-state index in [9.17, 15) is 14.4 Å². The van der Waals surface area contributed by atoms with Crippen LogP contribution in [0.2, 0.25) is 5.02 Å². The lowest BCUT2D eigenvalue weighted by Gasteiger charge is -2.14. The molecule has 1 N–H and O–H groups in total. The second-order valence-electron chi connectivity index (χ2n) is 6.33. The first-order valence-electron chi connectivity index (χ1n) is 8.34. The molecule has 0 aliphatic carbocycles. The number of benzene rings is 2. The van der Waals surface area contributed by atoms with Crippen LogP contribution in [0.5, 0.6) is 0 Å². The van der Waals surface area contributed by atoms with Crippen molar-refractivity contribution in [1.82, 2.24) is 9.13 Å². The Hall–Kier alpha value is -2.64. The highest BCUT2D eigenvalue weighted by molar-refractivity contribution is 9.10. The number of nitrogens with zero attached hydrogens (tertiary/aromatic N) is 2. The summed E-state index contributed by atoms with van der Waals surface area (Å²) < 4.78 is 3.01. The lowest BCUT2D eigenvalue weighted by Crippen LogP contribution is -2.40. The van der Waals surface area contributed by atoms with Gasteiger partial charge in [0.2, 0.25) is 0 Å². The van der Waals surface area contributed by atoms with Gasteiger partial charge in [0.1, 0.15) is 5.56 Å². The molecule has 2 aromatic carbocycles. The third-order valence-electron chi connectivity index (χ3n) is 4.50. The average molecular weight is 463 g/mol. The summed E-state index contributed by atoms with van der Waals surface area (Å²) in [6.45, 7) is 1.97. The molecule has 0 saturated carbocycles. The second kappa shape index (κ2) is 7.77. The Labute approximate surface area is 174 Å². The molecular weight excluding hydrogens is 446 g/mol. The highest BCUT2D eigenvalue weighted by Crippen LogP contribution is 2.37. The maximum absolute atomic E-state index is 12.7. The van der Waals surface area contributed by atoms with Crippen LogP contribution in [0.25, 0.3) is 11.1 Å². The summed E-state index contributed by atoms with van der Waals surface area (Å²) in [7, 11) is 2.80. The topological polar surface area (TPSA) is 73.1 Å². The molecule has 6 nitrogen and oxygen atoms in total. The number of halogens is 2. The summed E-state index contributed by atoms with van der Waals surface area (Å²) in [5, 5.41) is 3.03. The number of anilines is 1. The fraction of sp³-hybridized carbons (Fsp3) is 0.150. The average Bonchev–Trinajstić information content (AvgIpc) is 2.67. The van der Waals surface area contributed by atoms with Crippen molar-refractivity contribution in [3.8, 4) is 11.1 Å². The van der Waals surface area contributed by atoms with Crippen molar-refractivity contribution in [2.24, 2.45) is 14.1 Å². The first-order valence-corrected chi connectivity index (χ1v) is 9.51. The summed E-state index contributed by atoms with van der Waals surface area (Å²) in [4.78, 5) is 36.8. The van der Waals surface area contributed by atoms with E-state index < -0.39 is 17.2 Å². The van der Waals surface area contributed by atoms with Gasteiger partial charge in [-0.3, -0.25) is 14.2 Å². The van der Waals surface area contributed by atoms with Gasteiger partial charge in [0.15, 0.2) is 0 Å². The predicted octanol–water partition coefficient (Wildman–Crippen LogP) is 3.73. The molecule has 1 heterocycles. The van der Waals surface area contributed by atoms with E-state index in [1.165, 1.54) is 24.9 Å². The van der Waals surface area contributed by atoms with E-state index in [4.69, 9.17) is 11.6 Å². The molecule has 0 aliphatic heterocycles. The van der Waals surface area contributed by atoms with Gasteiger partial charge in [0.25, 0.3) is 11.5 Å². The molecule has 8 heteroatoms. The first-order chi connectivity index (χ1) is 13.2. The SMILES string of the molecule is Cc1c(Br)cccc1-c1cccc(NC(=O)c2cn(C)c(=O)n(C)c2=O)c1Cl. The van der Waals surface area contributed by atoms with Crippen molar-refractivity contribution < 1.29 is 4.79 Å². The van der Waals surface area contributed by atoms with E-state index in [0.717, 1.165) is 25.7 Å². The van der Waals surface area contributed by atoms with Crippen molar-refractivity contribution in [2.45, 2.75) is 6.92 Å². The number of aryl methyl sites for hydroxylation is 1. The van der Waals surface area contributed by atoms with Gasteiger partial charge in [0, 0.05) is 30.3 Å². The molecule has 144 valence electrons. The number of carbonyl (C=O) groups excluding carboxylic acids is 1. The third-order valence-corrected chi connectivity index (χ3v) is 5.76. The summed E-state index contributed by atoms with van der Waals surface area (Å²) in [6, 6.07) is 11.1. The molecular formula is C20H17BrClN3O3. The Morgan fingerprint density at radius 3 is 2.43 bits per heavy atom. The Kier molecular flexibility index (Phi) is 5.58. The number of rotatable bonds is 3. The Balaban J connectivity index is 2.03. The fourth-order valence-corrected chi connectivity index (χ4v) is 3.53. The zero-order chi connectivity index (χ0) is 20.6. The molecule has 0 bridgehead atoms. The quantitative estimate of drug-likeness (QED) is 0.645. The number of nitrogens with one attached hydrogen (secondary N) is 1. The zero-order valence-electron chi connectivity index (χ0n) is 15.4. The highest BCUT2D eigenvalue weighted by atomic mass is 79.9. The fourth-order valence-electron chi connectivity index (χ4n) is 2.89. The van der Waals surface area contributed by atoms with Crippen LogP contribution in [-0.2, 0) is 14.1 Å². The molecule has 0 aliphatic rings. The number of aromatic nitrogens is 2. The Bertz CT molecular complexity index is 1210. The second-order valence-corrected chi connectivity index (χ2v) is 7.57. The minimum absolute atomic E-state index is 0.148. The third kappa shape index (κ3) is 3.55. The van der Waals surface area contributed by atoms with Gasteiger partial charge in [0.05, 0.1) is 10.7 Å². The van der Waals surface area contributed by atoms with E-state index in [0.29, 0.717) is 10.7 Å². The van der Waals surface area contributed by atoms with Crippen LogP contribution in [-0.4, -0.2) is 15.0 Å². The lowest BCUT2D eigenvalue weighted by molar-refractivity contribution is 0.102. The summed E-state index contributed by atoms with van der Waals surface area (Å²) in [6.07, 6.45) is 1.22. The summed E-state index contributed by atoms with van der Waals surface area (Å²) in [5.74, 6) is -0.638. The molecule has 0 unspecified atom stereocenters. The van der Waals surface area contributed by atoms with Crippen molar-refractivity contribution in [1.29, 1.82) is 0 Å². The smallest absolute Gasteiger partial charge is 0.320 e. The van der Waals surface area contributed by atoms with Crippen molar-refractivity contribution in [3.05, 3.63) is 84.1 Å². The number of carbonyl (C=O) groups is 1. The minimum atomic E-state index is -0.671. The normalized spacial score (nSPS) is 10.8. The Morgan fingerprint density at radius 2 is 1.71 bits per heavy atom. The van der Waals surface area contributed by atoms with Gasteiger partial charge in [-0.1, -0.05) is 51.8 Å². The minimum Gasteiger partial charge on any atom is -0.320 e. The number of hydrogen-bond donors (Lipinski definition) is 1.